The molecule has 1 radical (unpaired) electrons. The second kappa shape index (κ2) is 12.0. The van der Waals surface area contributed by atoms with E-state index in [1.54, 1.807) is 0 Å². The molecule has 2 aromatic carbocycles. The first-order chi connectivity index (χ1) is 16.9. The maximum absolute atomic E-state index is 11.7. The van der Waals surface area contributed by atoms with Crippen molar-refractivity contribution >= 4 is 43.9 Å². The molecule has 0 unspecified atom stereocenters. The standard InChI is InChI=1S/C18H11N2.C13H24O2.Ir/c1-11-10-20-15-5-3-2-4-14(15)17-16-12(8-9-19-17)6-7-13(11)18(16)20;1-5-10(6-2)12(14)9-13(15)11(7-3)8-4;/h2-3,5-10H,1H3;9-11,14H,5-8H2,1-4H3;/q-1;;/b;12-9-;. The normalized spacial score (nSPS) is 12.0. The zero-order chi connectivity index (χ0) is 25.1. The van der Waals surface area contributed by atoms with Crippen molar-refractivity contribution < 1.29 is 30.0 Å². The number of fused-ring (bicyclic) bond motifs is 3. The molecule has 0 saturated heterocycles. The van der Waals surface area contributed by atoms with Crippen LogP contribution < -0.4 is 0 Å². The minimum atomic E-state index is 0. The molecule has 0 saturated carbocycles. The van der Waals surface area contributed by atoms with E-state index in [0.29, 0.717) is 0 Å². The van der Waals surface area contributed by atoms with Crippen LogP contribution in [0.25, 0.3) is 38.1 Å². The number of carbonyl (C=O) groups is 1. The zero-order valence-corrected chi connectivity index (χ0v) is 24.2. The second-order valence-corrected chi connectivity index (χ2v) is 9.33. The van der Waals surface area contributed by atoms with E-state index in [1.165, 1.54) is 38.8 Å². The van der Waals surface area contributed by atoms with Gasteiger partial charge in [0.25, 0.3) is 0 Å². The number of aryl methyl sites for hydroxylation is 1. The van der Waals surface area contributed by atoms with Gasteiger partial charge in [0.1, 0.15) is 0 Å². The Kier molecular flexibility index (Phi) is 9.27. The van der Waals surface area contributed by atoms with Gasteiger partial charge in [0, 0.05) is 61.3 Å². The molecule has 0 amide bonds. The van der Waals surface area contributed by atoms with Gasteiger partial charge >= 0.3 is 0 Å². The number of allylic oxidation sites excluding steroid dienone is 2. The van der Waals surface area contributed by atoms with Crippen LogP contribution in [0, 0.1) is 24.8 Å². The van der Waals surface area contributed by atoms with Crippen LogP contribution in [0.2, 0.25) is 0 Å². The molecule has 5 heteroatoms. The predicted molar refractivity (Wildman–Crippen MR) is 146 cm³/mol. The number of aliphatic hydroxyl groups excluding tert-OH is 1. The van der Waals surface area contributed by atoms with Gasteiger partial charge in [-0.2, -0.15) is 0 Å². The van der Waals surface area contributed by atoms with E-state index in [2.05, 4.69) is 52.8 Å². The maximum atomic E-state index is 11.7. The number of aliphatic hydroxyl groups is 1. The van der Waals surface area contributed by atoms with Crippen molar-refractivity contribution in [3.8, 4) is 0 Å². The van der Waals surface area contributed by atoms with Crippen LogP contribution in [0.1, 0.15) is 58.9 Å². The van der Waals surface area contributed by atoms with Crippen LogP contribution in [0.5, 0.6) is 0 Å². The Morgan fingerprint density at radius 3 is 2.42 bits per heavy atom. The molecule has 36 heavy (non-hydrogen) atoms. The number of benzene rings is 2. The molecule has 191 valence electrons. The molecule has 0 aliphatic carbocycles. The van der Waals surface area contributed by atoms with E-state index in [4.69, 9.17) is 0 Å². The molecule has 0 spiro atoms. The number of ketones is 1. The van der Waals surface area contributed by atoms with Gasteiger partial charge in [0.05, 0.1) is 5.76 Å². The van der Waals surface area contributed by atoms with E-state index in [1.807, 2.05) is 46.0 Å². The summed E-state index contributed by atoms with van der Waals surface area (Å²) in [6.45, 7) is 10.2. The summed E-state index contributed by atoms with van der Waals surface area (Å²) < 4.78 is 2.29. The van der Waals surface area contributed by atoms with Gasteiger partial charge in [0.15, 0.2) is 5.78 Å². The molecule has 3 aromatic heterocycles. The first-order valence-corrected chi connectivity index (χ1v) is 12.8. The predicted octanol–water partition coefficient (Wildman–Crippen LogP) is 8.21. The quantitative estimate of drug-likeness (QED) is 0.0630. The van der Waals surface area contributed by atoms with Crippen LogP contribution in [0.15, 0.2) is 60.6 Å². The molecular weight excluding hydrogens is 625 g/mol. The number of carbonyl (C=O) groups excluding carboxylic acids is 1. The van der Waals surface area contributed by atoms with Crippen LogP contribution in [-0.4, -0.2) is 20.3 Å². The fourth-order valence-electron chi connectivity index (χ4n) is 5.12. The molecule has 1 N–H and O–H groups in total. The zero-order valence-electron chi connectivity index (χ0n) is 21.8. The molecular formula is C31H35IrN2O2-. The van der Waals surface area contributed by atoms with E-state index in [0.717, 1.165) is 36.6 Å². The molecule has 5 aromatic rings. The Morgan fingerprint density at radius 1 is 1.06 bits per heavy atom. The summed E-state index contributed by atoms with van der Waals surface area (Å²) in [7, 11) is 0. The third-order valence-corrected chi connectivity index (χ3v) is 7.31. The van der Waals surface area contributed by atoms with Gasteiger partial charge in [-0.1, -0.05) is 39.8 Å². The number of rotatable bonds is 7. The Hall–Kier alpha value is -2.75. The van der Waals surface area contributed by atoms with E-state index in [9.17, 15) is 9.90 Å². The minimum absolute atomic E-state index is 0. The van der Waals surface area contributed by atoms with Crippen LogP contribution in [-0.2, 0) is 24.9 Å². The monoisotopic (exact) mass is 660 g/mol. The van der Waals surface area contributed by atoms with Crippen molar-refractivity contribution in [2.24, 2.45) is 11.8 Å². The van der Waals surface area contributed by atoms with Crippen molar-refractivity contribution in [3.63, 3.8) is 0 Å². The van der Waals surface area contributed by atoms with Gasteiger partial charge in [-0.05, 0) is 66.0 Å². The molecule has 0 aliphatic rings. The summed E-state index contributed by atoms with van der Waals surface area (Å²) in [4.78, 5) is 16.3. The van der Waals surface area contributed by atoms with Gasteiger partial charge < -0.3 is 14.5 Å². The number of pyridine rings is 2. The van der Waals surface area contributed by atoms with Crippen LogP contribution >= 0.6 is 0 Å². The maximum Gasteiger partial charge on any atom is 0.162 e. The molecule has 5 rings (SSSR count). The minimum Gasteiger partial charge on any atom is -0.512 e. The smallest absolute Gasteiger partial charge is 0.162 e. The van der Waals surface area contributed by atoms with E-state index < -0.39 is 0 Å². The Labute approximate surface area is 227 Å². The molecule has 0 aliphatic heterocycles. The number of aromatic nitrogens is 2. The molecule has 0 fully saturated rings. The average Bonchev–Trinajstić information content (AvgIpc) is 3.22. The topological polar surface area (TPSA) is 54.6 Å². The van der Waals surface area contributed by atoms with E-state index in [-0.39, 0.29) is 43.5 Å². The Balaban J connectivity index is 0.000000206. The number of hydrogen-bond donors (Lipinski definition) is 1. The Morgan fingerprint density at radius 2 is 1.75 bits per heavy atom. The SMILES string of the molecule is CCC(CC)C(=O)/C=C(\O)C(CC)CC.Cc1cn2c3ccc[c-]c3c3nccc4ccc1c2c43.[Ir]. The van der Waals surface area contributed by atoms with Gasteiger partial charge in [0.2, 0.25) is 0 Å². The summed E-state index contributed by atoms with van der Waals surface area (Å²) in [5.41, 5.74) is 4.79. The molecule has 3 heterocycles. The third kappa shape index (κ3) is 5.05. The molecule has 0 bridgehead atoms. The number of nitrogens with zero attached hydrogens (tertiary/aromatic N) is 2. The molecule has 0 atom stereocenters. The fourth-order valence-corrected chi connectivity index (χ4v) is 5.12. The average molecular weight is 660 g/mol. The summed E-state index contributed by atoms with van der Waals surface area (Å²) in [6.07, 6.45) is 9.01. The van der Waals surface area contributed by atoms with Crippen molar-refractivity contribution in [1.82, 2.24) is 9.38 Å². The third-order valence-electron chi connectivity index (χ3n) is 7.31. The summed E-state index contributed by atoms with van der Waals surface area (Å²) in [5.74, 6) is 0.547. The van der Waals surface area contributed by atoms with Gasteiger partial charge in [-0.3, -0.25) is 4.79 Å². The van der Waals surface area contributed by atoms with E-state index >= 15 is 0 Å². The number of hydrogen-bond acceptors (Lipinski definition) is 3. The largest absolute Gasteiger partial charge is 0.512 e. The molecule has 4 nitrogen and oxygen atoms in total. The fraction of sp³-hybridized carbons (Fsp3) is 0.355. The van der Waals surface area contributed by atoms with Crippen molar-refractivity contribution in [3.05, 3.63) is 72.3 Å². The first kappa shape index (κ1) is 27.8. The summed E-state index contributed by atoms with van der Waals surface area (Å²) in [5, 5.41) is 14.6. The van der Waals surface area contributed by atoms with Crippen LogP contribution in [0.4, 0.5) is 0 Å². The van der Waals surface area contributed by atoms with Gasteiger partial charge in [-0.25, -0.2) is 0 Å². The van der Waals surface area contributed by atoms with Crippen molar-refractivity contribution in [2.75, 3.05) is 0 Å². The van der Waals surface area contributed by atoms with Crippen molar-refractivity contribution in [2.45, 2.75) is 60.3 Å². The van der Waals surface area contributed by atoms with Crippen LogP contribution in [0.3, 0.4) is 0 Å². The summed E-state index contributed by atoms with van der Waals surface area (Å²) in [6, 6.07) is 16.0. The Bertz CT molecular complexity index is 1490. The first-order valence-electron chi connectivity index (χ1n) is 12.8. The van der Waals surface area contributed by atoms with Gasteiger partial charge in [-0.15, -0.1) is 29.7 Å². The van der Waals surface area contributed by atoms with Crippen molar-refractivity contribution in [1.29, 1.82) is 0 Å². The second-order valence-electron chi connectivity index (χ2n) is 9.33. The summed E-state index contributed by atoms with van der Waals surface area (Å²) >= 11 is 0.